The molecule has 1 aliphatic carbocycles. The van der Waals surface area contributed by atoms with Gasteiger partial charge >= 0.3 is 0 Å². The van der Waals surface area contributed by atoms with E-state index in [9.17, 15) is 4.79 Å². The van der Waals surface area contributed by atoms with Gasteiger partial charge in [-0.15, -0.1) is 0 Å². The molecule has 1 fully saturated rings. The number of benzene rings is 1. The first-order valence-corrected chi connectivity index (χ1v) is 9.91. The lowest BCUT2D eigenvalue weighted by molar-refractivity contribution is -0.123. The number of carbonyl (C=O) groups is 1. The summed E-state index contributed by atoms with van der Waals surface area (Å²) in [7, 11) is 2.05. The number of carbonyl (C=O) groups excluding carboxylic acids is 1. The van der Waals surface area contributed by atoms with Crippen LogP contribution >= 0.6 is 0 Å². The Labute approximate surface area is 157 Å². The Balaban J connectivity index is 1.43. The predicted octanol–water partition coefficient (Wildman–Crippen LogP) is 2.08. The number of nitrogens with one attached hydrogen (secondary N) is 1. The first-order chi connectivity index (χ1) is 12.5. The number of hydrogen-bond acceptors (Lipinski definition) is 4. The molecular weight excluding hydrogens is 326 g/mol. The van der Waals surface area contributed by atoms with Gasteiger partial charge in [0.1, 0.15) is 0 Å². The lowest BCUT2D eigenvalue weighted by Gasteiger charge is -2.34. The summed E-state index contributed by atoms with van der Waals surface area (Å²) in [6.45, 7) is 9.26. The molecule has 2 atom stereocenters. The van der Waals surface area contributed by atoms with Crippen molar-refractivity contribution in [3.05, 3.63) is 35.4 Å². The highest BCUT2D eigenvalue weighted by Gasteiger charge is 2.27. The van der Waals surface area contributed by atoms with Gasteiger partial charge in [0.15, 0.2) is 0 Å². The number of nitrogens with zero attached hydrogens (tertiary/aromatic N) is 2. The van der Waals surface area contributed by atoms with Crippen LogP contribution in [0.2, 0.25) is 0 Å². The van der Waals surface area contributed by atoms with Gasteiger partial charge in [0.05, 0.1) is 19.3 Å². The maximum Gasteiger partial charge on any atom is 0.234 e. The molecule has 5 heteroatoms. The van der Waals surface area contributed by atoms with Gasteiger partial charge in [-0.05, 0) is 36.9 Å². The van der Waals surface area contributed by atoms with Crippen LogP contribution in [0, 0.1) is 5.92 Å². The minimum Gasteiger partial charge on any atom is -0.374 e. The zero-order chi connectivity index (χ0) is 18.5. The molecule has 0 aromatic heterocycles. The molecule has 5 nitrogen and oxygen atoms in total. The maximum absolute atomic E-state index is 12.4. The third kappa shape index (κ3) is 5.06. The average Bonchev–Trinajstić information content (AvgIpc) is 3.04. The molecule has 1 aromatic carbocycles. The van der Waals surface area contributed by atoms with E-state index in [1.807, 2.05) is 7.05 Å². The van der Waals surface area contributed by atoms with Crippen molar-refractivity contribution in [2.75, 3.05) is 46.4 Å². The number of fused-ring (bicyclic) bond motifs is 1. The van der Waals surface area contributed by atoms with E-state index < -0.39 is 0 Å². The highest BCUT2D eigenvalue weighted by molar-refractivity contribution is 5.78. The van der Waals surface area contributed by atoms with Crippen molar-refractivity contribution < 1.29 is 9.53 Å². The molecule has 26 heavy (non-hydrogen) atoms. The zero-order valence-corrected chi connectivity index (χ0v) is 16.4. The van der Waals surface area contributed by atoms with E-state index in [1.54, 1.807) is 0 Å². The molecule has 0 spiro atoms. The van der Waals surface area contributed by atoms with Crippen molar-refractivity contribution >= 4 is 5.91 Å². The monoisotopic (exact) mass is 359 g/mol. The summed E-state index contributed by atoms with van der Waals surface area (Å²) >= 11 is 0. The number of hydrogen-bond donors (Lipinski definition) is 1. The van der Waals surface area contributed by atoms with Crippen LogP contribution in [0.1, 0.15) is 37.4 Å². The second-order valence-electron chi connectivity index (χ2n) is 8.12. The summed E-state index contributed by atoms with van der Waals surface area (Å²) < 4.78 is 5.82. The fourth-order valence-corrected chi connectivity index (χ4v) is 4.20. The second kappa shape index (κ2) is 8.98. The number of amides is 1. The minimum atomic E-state index is 0.0847. The molecule has 1 aromatic rings. The van der Waals surface area contributed by atoms with Crippen molar-refractivity contribution in [2.24, 2.45) is 5.92 Å². The molecule has 1 heterocycles. The number of likely N-dealkylation sites (N-methyl/N-ethyl adjacent to an activating group) is 1. The number of morpholine rings is 1. The lowest BCUT2D eigenvalue weighted by atomic mass is 10.1. The molecule has 2 aliphatic rings. The molecular formula is C21H33N3O2. The van der Waals surface area contributed by atoms with Crippen LogP contribution in [0.5, 0.6) is 0 Å². The Bertz CT molecular complexity index is 605. The zero-order valence-electron chi connectivity index (χ0n) is 16.4. The standard InChI is InChI=1S/C21H33N3O2/c1-16(2)13-24-10-11-26-18(14-24)12-22-21(25)15-23(3)20-9-8-17-6-4-5-7-19(17)20/h4-7,16,18,20H,8-15H2,1-3H3,(H,22,25). The van der Waals surface area contributed by atoms with Crippen LogP contribution in [-0.2, 0) is 16.0 Å². The van der Waals surface area contributed by atoms with E-state index in [0.29, 0.717) is 25.0 Å². The van der Waals surface area contributed by atoms with Crippen molar-refractivity contribution in [3.8, 4) is 0 Å². The van der Waals surface area contributed by atoms with E-state index in [4.69, 9.17) is 4.74 Å². The summed E-state index contributed by atoms with van der Waals surface area (Å²) in [6, 6.07) is 8.94. The molecule has 2 unspecified atom stereocenters. The Morgan fingerprint density at radius 3 is 3.00 bits per heavy atom. The summed E-state index contributed by atoms with van der Waals surface area (Å²) in [6.07, 6.45) is 2.30. The van der Waals surface area contributed by atoms with Gasteiger partial charge in [-0.3, -0.25) is 14.6 Å². The highest BCUT2D eigenvalue weighted by Crippen LogP contribution is 2.34. The molecule has 0 saturated carbocycles. The van der Waals surface area contributed by atoms with Crippen LogP contribution in [-0.4, -0.2) is 68.2 Å². The van der Waals surface area contributed by atoms with Gasteiger partial charge in [-0.25, -0.2) is 0 Å². The third-order valence-electron chi connectivity index (χ3n) is 5.40. The molecule has 1 saturated heterocycles. The first kappa shape index (κ1) is 19.3. The van der Waals surface area contributed by atoms with Gasteiger partial charge in [0.2, 0.25) is 5.91 Å². The van der Waals surface area contributed by atoms with Crippen molar-refractivity contribution in [2.45, 2.75) is 38.8 Å². The molecule has 0 bridgehead atoms. The van der Waals surface area contributed by atoms with E-state index in [1.165, 1.54) is 11.1 Å². The fraction of sp³-hybridized carbons (Fsp3) is 0.667. The van der Waals surface area contributed by atoms with Gasteiger partial charge in [0, 0.05) is 32.2 Å². The van der Waals surface area contributed by atoms with Crippen molar-refractivity contribution in [3.63, 3.8) is 0 Å². The largest absolute Gasteiger partial charge is 0.374 e. The average molecular weight is 360 g/mol. The van der Waals surface area contributed by atoms with Crippen LogP contribution in [0.15, 0.2) is 24.3 Å². The van der Waals surface area contributed by atoms with E-state index in [2.05, 4.69) is 53.2 Å². The van der Waals surface area contributed by atoms with Gasteiger partial charge < -0.3 is 10.1 Å². The summed E-state index contributed by atoms with van der Waals surface area (Å²) in [5.41, 5.74) is 2.80. The van der Waals surface area contributed by atoms with E-state index >= 15 is 0 Å². The predicted molar refractivity (Wildman–Crippen MR) is 104 cm³/mol. The van der Waals surface area contributed by atoms with Crippen molar-refractivity contribution in [1.82, 2.24) is 15.1 Å². The summed E-state index contributed by atoms with van der Waals surface area (Å²) in [5.74, 6) is 0.743. The summed E-state index contributed by atoms with van der Waals surface area (Å²) in [4.78, 5) is 17.0. The molecule has 0 radical (unpaired) electrons. The Hall–Kier alpha value is -1.43. The quantitative estimate of drug-likeness (QED) is 0.810. The smallest absolute Gasteiger partial charge is 0.234 e. The Morgan fingerprint density at radius 1 is 1.38 bits per heavy atom. The van der Waals surface area contributed by atoms with Crippen LogP contribution in [0.4, 0.5) is 0 Å². The highest BCUT2D eigenvalue weighted by atomic mass is 16.5. The minimum absolute atomic E-state index is 0.0847. The van der Waals surface area contributed by atoms with E-state index in [0.717, 1.165) is 39.1 Å². The van der Waals surface area contributed by atoms with Gasteiger partial charge in [0.25, 0.3) is 0 Å². The maximum atomic E-state index is 12.4. The summed E-state index contributed by atoms with van der Waals surface area (Å²) in [5, 5.41) is 3.07. The van der Waals surface area contributed by atoms with Crippen LogP contribution in [0.25, 0.3) is 0 Å². The molecule has 1 amide bonds. The molecule has 3 rings (SSSR count). The van der Waals surface area contributed by atoms with Crippen molar-refractivity contribution in [1.29, 1.82) is 0 Å². The third-order valence-corrected chi connectivity index (χ3v) is 5.40. The second-order valence-corrected chi connectivity index (χ2v) is 8.12. The van der Waals surface area contributed by atoms with Crippen LogP contribution in [0.3, 0.4) is 0 Å². The number of ether oxygens (including phenoxy) is 1. The molecule has 1 N–H and O–H groups in total. The van der Waals surface area contributed by atoms with Gasteiger partial charge in [-0.1, -0.05) is 38.1 Å². The van der Waals surface area contributed by atoms with Gasteiger partial charge in [-0.2, -0.15) is 0 Å². The molecule has 144 valence electrons. The normalized spacial score (nSPS) is 23.4. The first-order valence-electron chi connectivity index (χ1n) is 9.91. The lowest BCUT2D eigenvalue weighted by Crippen LogP contribution is -2.49. The van der Waals surface area contributed by atoms with E-state index in [-0.39, 0.29) is 12.0 Å². The number of aryl methyl sites for hydroxylation is 1. The van der Waals surface area contributed by atoms with Crippen LogP contribution < -0.4 is 5.32 Å². The SMILES string of the molecule is CC(C)CN1CCOC(CNC(=O)CN(C)C2CCc3ccccc32)C1. The Kier molecular flexibility index (Phi) is 6.68. The Morgan fingerprint density at radius 2 is 2.19 bits per heavy atom. The molecule has 1 aliphatic heterocycles. The fourth-order valence-electron chi connectivity index (χ4n) is 4.20. The topological polar surface area (TPSA) is 44.8 Å². The number of rotatable bonds is 7.